The fraction of sp³-hybridized carbons (Fsp3) is 0.636. The highest BCUT2D eigenvalue weighted by atomic mass is 79.9. The van der Waals surface area contributed by atoms with Gasteiger partial charge in [0.2, 0.25) is 0 Å². The van der Waals surface area contributed by atoms with Gasteiger partial charge in [0.05, 0.1) is 10.7 Å². The highest BCUT2D eigenvalue weighted by Crippen LogP contribution is 2.46. The van der Waals surface area contributed by atoms with Gasteiger partial charge in [-0.25, -0.2) is 0 Å². The minimum absolute atomic E-state index is 0.157. The first kappa shape index (κ1) is 11.6. The number of halogens is 1. The molecule has 1 aliphatic heterocycles. The highest BCUT2D eigenvalue weighted by molar-refractivity contribution is 9.10. The molecule has 15 heavy (non-hydrogen) atoms. The second-order valence-corrected chi connectivity index (χ2v) is 6.80. The highest BCUT2D eigenvalue weighted by Gasteiger charge is 2.43. The van der Waals surface area contributed by atoms with E-state index >= 15 is 0 Å². The van der Waals surface area contributed by atoms with Gasteiger partial charge in [0.25, 0.3) is 0 Å². The molecule has 2 heterocycles. The van der Waals surface area contributed by atoms with Gasteiger partial charge < -0.3 is 9.52 Å². The SMILES string of the molecule is CC1(C)CSCC(O)(c2occc2Br)C1. The summed E-state index contributed by atoms with van der Waals surface area (Å²) >= 11 is 5.20. The van der Waals surface area contributed by atoms with E-state index in [1.54, 1.807) is 18.0 Å². The summed E-state index contributed by atoms with van der Waals surface area (Å²) in [6, 6.07) is 1.83. The van der Waals surface area contributed by atoms with Crippen molar-refractivity contribution in [2.24, 2.45) is 5.41 Å². The largest absolute Gasteiger partial charge is 0.465 e. The summed E-state index contributed by atoms with van der Waals surface area (Å²) in [6.07, 6.45) is 2.36. The molecule has 0 spiro atoms. The van der Waals surface area contributed by atoms with Gasteiger partial charge >= 0.3 is 0 Å². The first-order valence-corrected chi connectivity index (χ1v) is 6.91. The van der Waals surface area contributed by atoms with Crippen molar-refractivity contribution < 1.29 is 9.52 Å². The standard InChI is InChI=1S/C11H15BrO2S/c1-10(2)5-11(13,7-15-6-10)9-8(12)3-4-14-9/h3-4,13H,5-7H2,1-2H3. The van der Waals surface area contributed by atoms with E-state index in [0.29, 0.717) is 11.5 Å². The summed E-state index contributed by atoms with van der Waals surface area (Å²) in [5.41, 5.74) is -0.668. The topological polar surface area (TPSA) is 33.4 Å². The molecule has 1 atom stereocenters. The molecule has 0 amide bonds. The van der Waals surface area contributed by atoms with Gasteiger partial charge in [0.15, 0.2) is 0 Å². The first-order chi connectivity index (χ1) is 6.93. The lowest BCUT2D eigenvalue weighted by atomic mass is 9.81. The monoisotopic (exact) mass is 290 g/mol. The summed E-state index contributed by atoms with van der Waals surface area (Å²) in [6.45, 7) is 4.36. The zero-order valence-corrected chi connectivity index (χ0v) is 11.3. The maximum Gasteiger partial charge on any atom is 0.150 e. The van der Waals surface area contributed by atoms with Crippen LogP contribution in [0.15, 0.2) is 21.2 Å². The molecule has 1 aromatic heterocycles. The third kappa shape index (κ3) is 2.27. The van der Waals surface area contributed by atoms with Crippen LogP contribution in [0.2, 0.25) is 0 Å². The Morgan fingerprint density at radius 2 is 2.20 bits per heavy atom. The summed E-state index contributed by atoms with van der Waals surface area (Å²) in [7, 11) is 0. The molecule has 1 fully saturated rings. The van der Waals surface area contributed by atoms with Gasteiger partial charge in [0.1, 0.15) is 11.4 Å². The van der Waals surface area contributed by atoms with Gasteiger partial charge in [0, 0.05) is 5.75 Å². The molecule has 1 aliphatic rings. The van der Waals surface area contributed by atoms with Crippen LogP contribution in [0.5, 0.6) is 0 Å². The molecule has 2 rings (SSSR count). The molecular formula is C11H15BrO2S. The van der Waals surface area contributed by atoms with Gasteiger partial charge in [-0.1, -0.05) is 13.8 Å². The summed E-state index contributed by atoms with van der Waals surface area (Å²) in [4.78, 5) is 0. The van der Waals surface area contributed by atoms with Crippen LogP contribution in [-0.4, -0.2) is 16.6 Å². The molecule has 84 valence electrons. The summed E-state index contributed by atoms with van der Waals surface area (Å²) < 4.78 is 6.25. The smallest absolute Gasteiger partial charge is 0.150 e. The van der Waals surface area contributed by atoms with E-state index in [2.05, 4.69) is 29.8 Å². The zero-order valence-electron chi connectivity index (χ0n) is 8.92. The Labute approximate surface area is 103 Å². The van der Waals surface area contributed by atoms with Crippen LogP contribution in [0, 0.1) is 5.41 Å². The number of hydrogen-bond acceptors (Lipinski definition) is 3. The molecule has 1 N–H and O–H groups in total. The van der Waals surface area contributed by atoms with Gasteiger partial charge in [-0.15, -0.1) is 0 Å². The van der Waals surface area contributed by atoms with E-state index in [0.717, 1.165) is 16.6 Å². The normalized spacial score (nSPS) is 30.4. The Morgan fingerprint density at radius 3 is 2.73 bits per heavy atom. The van der Waals surface area contributed by atoms with E-state index in [4.69, 9.17) is 4.42 Å². The van der Waals surface area contributed by atoms with Gasteiger partial charge in [-0.05, 0) is 39.6 Å². The van der Waals surface area contributed by atoms with Crippen LogP contribution in [0.3, 0.4) is 0 Å². The average Bonchev–Trinajstić information content (AvgIpc) is 2.49. The van der Waals surface area contributed by atoms with Crippen molar-refractivity contribution in [1.29, 1.82) is 0 Å². The molecular weight excluding hydrogens is 276 g/mol. The number of aliphatic hydroxyl groups is 1. The number of hydrogen-bond donors (Lipinski definition) is 1. The lowest BCUT2D eigenvalue weighted by Crippen LogP contribution is -2.40. The molecule has 0 radical (unpaired) electrons. The Morgan fingerprint density at radius 1 is 1.47 bits per heavy atom. The molecule has 0 saturated carbocycles. The van der Waals surface area contributed by atoms with Crippen LogP contribution < -0.4 is 0 Å². The van der Waals surface area contributed by atoms with Crippen LogP contribution in [-0.2, 0) is 5.60 Å². The lowest BCUT2D eigenvalue weighted by Gasteiger charge is -2.39. The Kier molecular flexibility index (Phi) is 2.95. The van der Waals surface area contributed by atoms with Crippen molar-refractivity contribution in [2.45, 2.75) is 25.9 Å². The van der Waals surface area contributed by atoms with Crippen molar-refractivity contribution in [1.82, 2.24) is 0 Å². The molecule has 1 aromatic rings. The van der Waals surface area contributed by atoms with Crippen molar-refractivity contribution in [2.75, 3.05) is 11.5 Å². The van der Waals surface area contributed by atoms with Crippen molar-refractivity contribution in [3.05, 3.63) is 22.6 Å². The van der Waals surface area contributed by atoms with Gasteiger partial charge in [-0.2, -0.15) is 11.8 Å². The Balaban J connectivity index is 2.31. The molecule has 2 nitrogen and oxygen atoms in total. The van der Waals surface area contributed by atoms with Crippen molar-refractivity contribution >= 4 is 27.7 Å². The van der Waals surface area contributed by atoms with Gasteiger partial charge in [-0.3, -0.25) is 0 Å². The predicted octanol–water partition coefficient (Wildman–Crippen LogP) is 3.39. The van der Waals surface area contributed by atoms with Crippen molar-refractivity contribution in [3.8, 4) is 0 Å². The third-order valence-corrected chi connectivity index (χ3v) is 4.94. The fourth-order valence-electron chi connectivity index (χ4n) is 2.16. The van der Waals surface area contributed by atoms with E-state index in [1.807, 2.05) is 6.07 Å². The molecule has 1 saturated heterocycles. The Bertz CT molecular complexity index is 361. The molecule has 0 aromatic carbocycles. The van der Waals surface area contributed by atoms with E-state index in [9.17, 15) is 5.11 Å². The number of thioether (sulfide) groups is 1. The maximum absolute atomic E-state index is 10.6. The minimum Gasteiger partial charge on any atom is -0.465 e. The van der Waals surface area contributed by atoms with Crippen LogP contribution in [0.25, 0.3) is 0 Å². The molecule has 4 heteroatoms. The maximum atomic E-state index is 10.6. The first-order valence-electron chi connectivity index (χ1n) is 4.97. The van der Waals surface area contributed by atoms with Crippen LogP contribution in [0.1, 0.15) is 26.0 Å². The quantitative estimate of drug-likeness (QED) is 0.861. The lowest BCUT2D eigenvalue weighted by molar-refractivity contribution is -0.00424. The third-order valence-electron chi connectivity index (χ3n) is 2.64. The number of furan rings is 1. The molecule has 1 unspecified atom stereocenters. The summed E-state index contributed by atoms with van der Waals surface area (Å²) in [5, 5.41) is 10.6. The summed E-state index contributed by atoms with van der Waals surface area (Å²) in [5.74, 6) is 2.47. The second-order valence-electron chi connectivity index (χ2n) is 4.96. The zero-order chi connectivity index (χ0) is 11.1. The minimum atomic E-state index is -0.825. The molecule has 0 bridgehead atoms. The van der Waals surface area contributed by atoms with E-state index in [-0.39, 0.29) is 5.41 Å². The average molecular weight is 291 g/mol. The second kappa shape index (κ2) is 3.82. The Hall–Kier alpha value is 0.0700. The molecule has 0 aliphatic carbocycles. The fourth-order valence-corrected chi connectivity index (χ4v) is 4.06. The van der Waals surface area contributed by atoms with Crippen molar-refractivity contribution in [3.63, 3.8) is 0 Å². The van der Waals surface area contributed by atoms with E-state index in [1.165, 1.54) is 0 Å². The number of rotatable bonds is 1. The predicted molar refractivity (Wildman–Crippen MR) is 66.0 cm³/mol. The van der Waals surface area contributed by atoms with E-state index < -0.39 is 5.60 Å². The van der Waals surface area contributed by atoms with Crippen LogP contribution >= 0.6 is 27.7 Å². The van der Waals surface area contributed by atoms with Crippen LogP contribution in [0.4, 0.5) is 0 Å².